The van der Waals surface area contributed by atoms with Crippen LogP contribution in [-0.4, -0.2) is 4.98 Å². The molecule has 0 atom stereocenters. The molecule has 2 nitrogen and oxygen atoms in total. The van der Waals surface area contributed by atoms with E-state index in [0.717, 1.165) is 16.3 Å². The van der Waals surface area contributed by atoms with E-state index < -0.39 is 0 Å². The number of aryl methyl sites for hydroxylation is 2. The van der Waals surface area contributed by atoms with E-state index in [9.17, 15) is 0 Å². The molecule has 2 N–H and O–H groups in total. The van der Waals surface area contributed by atoms with Crippen LogP contribution in [0, 0.1) is 13.8 Å². The van der Waals surface area contributed by atoms with Gasteiger partial charge < -0.3 is 5.73 Å². The van der Waals surface area contributed by atoms with Crippen molar-refractivity contribution in [2.75, 3.05) is 0 Å². The van der Waals surface area contributed by atoms with E-state index >= 15 is 0 Å². The van der Waals surface area contributed by atoms with Crippen LogP contribution in [0.25, 0.3) is 5.57 Å². The molecule has 1 aromatic rings. The van der Waals surface area contributed by atoms with Crippen LogP contribution < -0.4 is 5.73 Å². The molecule has 0 saturated carbocycles. The molecule has 0 aliphatic carbocycles. The third-order valence-corrected chi connectivity index (χ3v) is 2.80. The Labute approximate surface area is 76.4 Å². The van der Waals surface area contributed by atoms with Gasteiger partial charge in [-0.05, 0) is 13.8 Å². The quantitative estimate of drug-likeness (QED) is 0.709. The molecule has 1 heterocycles. The van der Waals surface area contributed by atoms with Crippen molar-refractivity contribution in [3.63, 3.8) is 0 Å². The van der Waals surface area contributed by atoms with Gasteiger partial charge in [0.2, 0.25) is 0 Å². The number of allylic oxidation sites excluding steroid dienone is 2. The summed E-state index contributed by atoms with van der Waals surface area (Å²) in [5.74, 6) is 0. The second-order valence-corrected chi connectivity index (χ2v) is 3.69. The Kier molecular flexibility index (Phi) is 2.65. The van der Waals surface area contributed by atoms with E-state index in [4.69, 9.17) is 5.73 Å². The Morgan fingerprint density at radius 1 is 1.58 bits per heavy atom. The molecule has 64 valence electrons. The van der Waals surface area contributed by atoms with Gasteiger partial charge in [-0.15, -0.1) is 11.3 Å². The van der Waals surface area contributed by atoms with E-state index in [1.165, 1.54) is 11.1 Å². The molecular weight excluding hydrogens is 168 g/mol. The van der Waals surface area contributed by atoms with Crippen LogP contribution in [0.3, 0.4) is 0 Å². The maximum Gasteiger partial charge on any atom is 0.125 e. The molecule has 0 spiro atoms. The minimum absolute atomic E-state index is 0.899. The first-order chi connectivity index (χ1) is 5.69. The van der Waals surface area contributed by atoms with E-state index in [1.54, 1.807) is 17.4 Å². The lowest BCUT2D eigenvalue weighted by atomic mass is 10.3. The normalized spacial score (nSPS) is 11.7. The van der Waals surface area contributed by atoms with Crippen LogP contribution in [0.15, 0.2) is 18.9 Å². The molecule has 0 unspecified atom stereocenters. The predicted octanol–water partition coefficient (Wildman–Crippen LogP) is 2.25. The molecule has 0 amide bonds. The Bertz CT molecular complexity index is 304. The maximum absolute atomic E-state index is 5.41. The molecule has 0 bridgehead atoms. The fourth-order valence-electron chi connectivity index (χ4n) is 0.823. The van der Waals surface area contributed by atoms with E-state index in [2.05, 4.69) is 11.6 Å². The number of hydrogen-bond donors (Lipinski definition) is 1. The van der Waals surface area contributed by atoms with Crippen molar-refractivity contribution >= 4 is 16.9 Å². The van der Waals surface area contributed by atoms with E-state index in [-0.39, 0.29) is 0 Å². The highest BCUT2D eigenvalue weighted by Gasteiger charge is 2.04. The van der Waals surface area contributed by atoms with Crippen molar-refractivity contribution in [2.24, 2.45) is 5.73 Å². The lowest BCUT2D eigenvalue weighted by Crippen LogP contribution is -1.85. The summed E-state index contributed by atoms with van der Waals surface area (Å²) >= 11 is 1.64. The average molecular weight is 180 g/mol. The summed E-state index contributed by atoms with van der Waals surface area (Å²) in [4.78, 5) is 5.58. The van der Waals surface area contributed by atoms with Gasteiger partial charge in [0.05, 0.1) is 5.69 Å². The Balaban J connectivity index is 3.11. The zero-order valence-corrected chi connectivity index (χ0v) is 8.11. The average Bonchev–Trinajstić information content (AvgIpc) is 2.35. The topological polar surface area (TPSA) is 38.9 Å². The van der Waals surface area contributed by atoms with Crippen LogP contribution >= 0.6 is 11.3 Å². The summed E-state index contributed by atoms with van der Waals surface area (Å²) < 4.78 is 0. The highest BCUT2D eigenvalue weighted by molar-refractivity contribution is 7.12. The van der Waals surface area contributed by atoms with Crippen molar-refractivity contribution in [3.05, 3.63) is 34.4 Å². The smallest absolute Gasteiger partial charge is 0.125 e. The SMILES string of the molecule is C=C/C(=C\N)c1nc(C)c(C)s1. The molecule has 1 aromatic heterocycles. The first-order valence-electron chi connectivity index (χ1n) is 3.67. The fourth-order valence-corrected chi connectivity index (χ4v) is 1.76. The molecular formula is C9H12N2S. The van der Waals surface area contributed by atoms with Gasteiger partial charge in [0.1, 0.15) is 5.01 Å². The van der Waals surface area contributed by atoms with Crippen LogP contribution in [0.5, 0.6) is 0 Å². The van der Waals surface area contributed by atoms with Gasteiger partial charge in [0.15, 0.2) is 0 Å². The van der Waals surface area contributed by atoms with Gasteiger partial charge in [-0.1, -0.05) is 12.7 Å². The van der Waals surface area contributed by atoms with Crippen molar-refractivity contribution in [2.45, 2.75) is 13.8 Å². The summed E-state index contributed by atoms with van der Waals surface area (Å²) in [6.45, 7) is 7.71. The summed E-state index contributed by atoms with van der Waals surface area (Å²) in [6, 6.07) is 0. The number of aromatic nitrogens is 1. The minimum Gasteiger partial charge on any atom is -0.404 e. The van der Waals surface area contributed by atoms with E-state index in [1.807, 2.05) is 13.8 Å². The first-order valence-corrected chi connectivity index (χ1v) is 4.49. The molecule has 0 aliphatic heterocycles. The summed E-state index contributed by atoms with van der Waals surface area (Å²) in [7, 11) is 0. The standard InChI is InChI=1S/C9H12N2S/c1-4-8(5-10)9-11-6(2)7(3)12-9/h4-5H,1,10H2,2-3H3/b8-5+. The van der Waals surface area contributed by atoms with Crippen LogP contribution in [0.1, 0.15) is 15.6 Å². The molecule has 1 rings (SSSR count). The number of thiazole rings is 1. The summed E-state index contributed by atoms with van der Waals surface area (Å²) in [6.07, 6.45) is 3.25. The van der Waals surface area contributed by atoms with Crippen molar-refractivity contribution in [3.8, 4) is 0 Å². The molecule has 0 radical (unpaired) electrons. The van der Waals surface area contributed by atoms with Crippen LogP contribution in [0.2, 0.25) is 0 Å². The summed E-state index contributed by atoms with van der Waals surface area (Å²) in [5.41, 5.74) is 7.37. The van der Waals surface area contributed by atoms with Gasteiger partial charge in [-0.2, -0.15) is 0 Å². The van der Waals surface area contributed by atoms with Gasteiger partial charge in [-0.3, -0.25) is 0 Å². The van der Waals surface area contributed by atoms with Crippen molar-refractivity contribution in [1.29, 1.82) is 0 Å². The molecule has 0 saturated heterocycles. The third-order valence-electron chi connectivity index (χ3n) is 1.67. The molecule has 3 heteroatoms. The number of nitrogens with two attached hydrogens (primary N) is 1. The highest BCUT2D eigenvalue weighted by Crippen LogP contribution is 2.23. The van der Waals surface area contributed by atoms with Crippen molar-refractivity contribution in [1.82, 2.24) is 4.98 Å². The zero-order chi connectivity index (χ0) is 9.14. The number of rotatable bonds is 2. The molecule has 0 fully saturated rings. The molecule has 12 heavy (non-hydrogen) atoms. The Morgan fingerprint density at radius 2 is 2.25 bits per heavy atom. The lowest BCUT2D eigenvalue weighted by Gasteiger charge is -1.91. The second-order valence-electron chi connectivity index (χ2n) is 2.49. The van der Waals surface area contributed by atoms with Crippen LogP contribution in [-0.2, 0) is 0 Å². The van der Waals surface area contributed by atoms with Gasteiger partial charge >= 0.3 is 0 Å². The third kappa shape index (κ3) is 1.56. The Hall–Kier alpha value is -1.09. The fraction of sp³-hybridized carbons (Fsp3) is 0.222. The predicted molar refractivity (Wildman–Crippen MR) is 53.9 cm³/mol. The van der Waals surface area contributed by atoms with Gasteiger partial charge in [0.25, 0.3) is 0 Å². The number of hydrogen-bond acceptors (Lipinski definition) is 3. The molecule has 0 aromatic carbocycles. The maximum atomic E-state index is 5.41. The zero-order valence-electron chi connectivity index (χ0n) is 7.29. The largest absolute Gasteiger partial charge is 0.404 e. The monoisotopic (exact) mass is 180 g/mol. The van der Waals surface area contributed by atoms with E-state index in [0.29, 0.717) is 0 Å². The highest BCUT2D eigenvalue weighted by atomic mass is 32.1. The number of nitrogens with zero attached hydrogens (tertiary/aromatic N) is 1. The minimum atomic E-state index is 0.899. The Morgan fingerprint density at radius 3 is 2.58 bits per heavy atom. The van der Waals surface area contributed by atoms with Crippen molar-refractivity contribution < 1.29 is 0 Å². The van der Waals surface area contributed by atoms with Crippen LogP contribution in [0.4, 0.5) is 0 Å². The second kappa shape index (κ2) is 3.54. The first kappa shape index (κ1) is 9.00. The lowest BCUT2D eigenvalue weighted by molar-refractivity contribution is 1.21. The van der Waals surface area contributed by atoms with Gasteiger partial charge in [0, 0.05) is 16.7 Å². The summed E-state index contributed by atoms with van der Waals surface area (Å²) in [5, 5.41) is 0.947. The van der Waals surface area contributed by atoms with Gasteiger partial charge in [-0.25, -0.2) is 4.98 Å². The molecule has 0 aliphatic rings.